The molecule has 1 aromatic rings. The van der Waals surface area contributed by atoms with Crippen LogP contribution in [0.2, 0.25) is 0 Å². The smallest absolute Gasteiger partial charge is 0.339 e. The number of rotatable bonds is 1. The van der Waals surface area contributed by atoms with Crippen LogP contribution in [0.1, 0.15) is 72.0 Å². The van der Waals surface area contributed by atoms with Crippen molar-refractivity contribution in [2.75, 3.05) is 6.61 Å². The first-order valence-corrected chi connectivity index (χ1v) is 13.2. The van der Waals surface area contributed by atoms with Crippen LogP contribution >= 0.6 is 0 Å². The number of cyclic esters (lactones) is 2. The summed E-state index contributed by atoms with van der Waals surface area (Å²) in [5.74, 6) is -0.682. The predicted molar refractivity (Wildman–Crippen MR) is 123 cm³/mol. The fraction of sp³-hybridized carbons (Fsp3) is 0.750. The number of fused-ring (bicyclic) bond motifs is 2. The lowest BCUT2D eigenvalue weighted by molar-refractivity contribution is -0.213. The summed E-state index contributed by atoms with van der Waals surface area (Å²) in [5.41, 5.74) is -2.93. The molecule has 0 aromatic carbocycles. The van der Waals surface area contributed by atoms with Crippen molar-refractivity contribution in [3.8, 4) is 0 Å². The minimum absolute atomic E-state index is 0.0143. The van der Waals surface area contributed by atoms with Gasteiger partial charge in [0.15, 0.2) is 6.10 Å². The first kappa shape index (κ1) is 23.0. The molecule has 6 aliphatic rings. The average molecular weight is 499 g/mol. The second-order valence-corrected chi connectivity index (χ2v) is 13.1. The van der Waals surface area contributed by atoms with Crippen molar-refractivity contribution in [2.45, 2.75) is 89.8 Å². The van der Waals surface area contributed by atoms with Crippen LogP contribution in [0.25, 0.3) is 0 Å². The van der Waals surface area contributed by atoms with E-state index in [2.05, 4.69) is 13.8 Å². The molecule has 1 spiro atoms. The minimum atomic E-state index is -1.00. The van der Waals surface area contributed by atoms with Gasteiger partial charge in [-0.1, -0.05) is 13.8 Å². The van der Waals surface area contributed by atoms with Gasteiger partial charge in [-0.2, -0.15) is 0 Å². The Labute approximate surface area is 210 Å². The predicted octanol–water partition coefficient (Wildman–Crippen LogP) is 3.77. The number of carbonyl (C=O) groups excluding carboxylic acids is 3. The topological polar surface area (TPSA) is 105 Å². The summed E-state index contributed by atoms with van der Waals surface area (Å²) in [7, 11) is 0. The van der Waals surface area contributed by atoms with Gasteiger partial charge in [-0.05, 0) is 56.9 Å². The van der Waals surface area contributed by atoms with E-state index >= 15 is 0 Å². The zero-order chi connectivity index (χ0) is 25.5. The van der Waals surface area contributed by atoms with Crippen LogP contribution in [0.15, 0.2) is 23.0 Å². The molecule has 6 fully saturated rings. The van der Waals surface area contributed by atoms with Crippen LogP contribution in [-0.4, -0.2) is 47.7 Å². The van der Waals surface area contributed by atoms with Gasteiger partial charge in [-0.15, -0.1) is 0 Å². The molecule has 0 radical (unpaired) electrons. The Balaban J connectivity index is 1.43. The third-order valence-electron chi connectivity index (χ3n) is 11.7. The average Bonchev–Trinajstić information content (AvgIpc) is 3.37. The van der Waals surface area contributed by atoms with E-state index in [1.54, 1.807) is 12.5 Å². The van der Waals surface area contributed by atoms with Crippen molar-refractivity contribution in [1.29, 1.82) is 0 Å². The number of furan rings is 1. The van der Waals surface area contributed by atoms with Crippen molar-refractivity contribution in [1.82, 2.24) is 0 Å². The molecule has 10 atom stereocenters. The van der Waals surface area contributed by atoms with Crippen LogP contribution in [0.4, 0.5) is 0 Å². The molecule has 4 saturated heterocycles. The molecule has 0 bridgehead atoms. The summed E-state index contributed by atoms with van der Waals surface area (Å²) < 4.78 is 30.0. The second kappa shape index (κ2) is 6.62. The maximum Gasteiger partial charge on any atom is 0.339 e. The summed E-state index contributed by atoms with van der Waals surface area (Å²) in [4.78, 5) is 40.6. The number of carbonyl (C=O) groups is 3. The van der Waals surface area contributed by atoms with E-state index in [4.69, 9.17) is 23.4 Å². The fourth-order valence-corrected chi connectivity index (χ4v) is 9.61. The van der Waals surface area contributed by atoms with Gasteiger partial charge >= 0.3 is 11.9 Å². The van der Waals surface area contributed by atoms with E-state index in [-0.39, 0.29) is 48.6 Å². The molecule has 2 saturated carbocycles. The maximum atomic E-state index is 14.7. The third kappa shape index (κ3) is 2.33. The van der Waals surface area contributed by atoms with E-state index in [1.165, 1.54) is 0 Å². The summed E-state index contributed by atoms with van der Waals surface area (Å²) in [5, 5.41) is 0. The van der Waals surface area contributed by atoms with E-state index < -0.39 is 45.6 Å². The lowest BCUT2D eigenvalue weighted by Crippen LogP contribution is -2.69. The zero-order valence-electron chi connectivity index (χ0n) is 21.5. The molecule has 5 heterocycles. The SMILES string of the molecule is CC1(C)OC2CC(=O)OCC3[C@H]2C1CC(=O)[C@@]1(C)[C@@]24O[C@@H]2C(=O)O[C@@H](c2ccoc2)[C@]4(C)CC[C@]31C. The summed E-state index contributed by atoms with van der Waals surface area (Å²) >= 11 is 0. The highest BCUT2D eigenvalue weighted by atomic mass is 16.7. The summed E-state index contributed by atoms with van der Waals surface area (Å²) in [6.07, 6.45) is 3.50. The monoisotopic (exact) mass is 498 g/mol. The number of hydrogen-bond acceptors (Lipinski definition) is 8. The second-order valence-electron chi connectivity index (χ2n) is 13.1. The van der Waals surface area contributed by atoms with Gasteiger partial charge in [-0.25, -0.2) is 4.79 Å². The molecule has 0 amide bonds. The maximum absolute atomic E-state index is 14.7. The summed E-state index contributed by atoms with van der Waals surface area (Å²) in [6, 6.07) is 1.82. The molecular formula is C28H34O8. The van der Waals surface area contributed by atoms with Gasteiger partial charge < -0.3 is 23.4 Å². The molecule has 194 valence electrons. The van der Waals surface area contributed by atoms with E-state index in [1.807, 2.05) is 26.8 Å². The van der Waals surface area contributed by atoms with E-state index in [0.29, 0.717) is 19.3 Å². The number of epoxide rings is 1. The lowest BCUT2D eigenvalue weighted by atomic mass is 9.39. The molecule has 1 aromatic heterocycles. The van der Waals surface area contributed by atoms with Crippen LogP contribution in [-0.2, 0) is 33.3 Å². The molecule has 0 N–H and O–H groups in total. The standard InChI is InChI=1S/C28H34O8/c1-24(2)15-10-18(29)27(5)25(3,16-13-33-19(30)11-17(35-24)20(15)16)7-8-26(4)21(14-6-9-32-12-14)34-23(31)22-28(26,27)36-22/h6,9,12,15-17,20-22H,7-8,10-11,13H2,1-5H3/t15?,16?,17?,20-,21+,22-,25-,26+,27-,28-/m1/s1. The van der Waals surface area contributed by atoms with Gasteiger partial charge in [0.05, 0.1) is 42.7 Å². The summed E-state index contributed by atoms with van der Waals surface area (Å²) in [6.45, 7) is 10.6. The molecule has 2 aliphatic carbocycles. The Morgan fingerprint density at radius 1 is 0.889 bits per heavy atom. The Bertz CT molecular complexity index is 1170. The van der Waals surface area contributed by atoms with Crippen LogP contribution in [0, 0.1) is 34.0 Å². The van der Waals surface area contributed by atoms with E-state index in [9.17, 15) is 14.4 Å². The van der Waals surface area contributed by atoms with Gasteiger partial charge in [0, 0.05) is 23.3 Å². The van der Waals surface area contributed by atoms with Gasteiger partial charge in [0.25, 0.3) is 0 Å². The fourth-order valence-electron chi connectivity index (χ4n) is 9.61. The number of ether oxygens (including phenoxy) is 4. The molecular weight excluding hydrogens is 464 g/mol. The number of Topliss-reactive ketones (excluding diaryl/α,β-unsaturated/α-hetero) is 1. The Kier molecular flexibility index (Phi) is 4.22. The Morgan fingerprint density at radius 2 is 1.64 bits per heavy atom. The molecule has 7 rings (SSSR count). The minimum Gasteiger partial charge on any atom is -0.472 e. The van der Waals surface area contributed by atoms with Gasteiger partial charge in [0.2, 0.25) is 0 Å². The first-order valence-electron chi connectivity index (χ1n) is 13.2. The molecule has 8 heteroatoms. The van der Waals surface area contributed by atoms with Gasteiger partial charge in [0.1, 0.15) is 17.5 Å². The van der Waals surface area contributed by atoms with Crippen molar-refractivity contribution >= 4 is 17.7 Å². The van der Waals surface area contributed by atoms with Crippen LogP contribution < -0.4 is 0 Å². The number of esters is 2. The Hall–Kier alpha value is -2.19. The highest BCUT2D eigenvalue weighted by Crippen LogP contribution is 2.79. The van der Waals surface area contributed by atoms with Crippen LogP contribution in [0.5, 0.6) is 0 Å². The molecule has 3 unspecified atom stereocenters. The zero-order valence-corrected chi connectivity index (χ0v) is 21.5. The van der Waals surface area contributed by atoms with Crippen molar-refractivity contribution < 1.29 is 37.7 Å². The number of ketones is 1. The highest BCUT2D eigenvalue weighted by molar-refractivity contribution is 5.93. The first-order chi connectivity index (χ1) is 16.9. The third-order valence-corrected chi connectivity index (χ3v) is 11.7. The van der Waals surface area contributed by atoms with Crippen molar-refractivity contribution in [3.05, 3.63) is 24.2 Å². The Morgan fingerprint density at radius 3 is 2.36 bits per heavy atom. The van der Waals surface area contributed by atoms with Crippen molar-refractivity contribution in [3.63, 3.8) is 0 Å². The number of hydrogen-bond donors (Lipinski definition) is 0. The van der Waals surface area contributed by atoms with Gasteiger partial charge in [-0.3, -0.25) is 9.59 Å². The quantitative estimate of drug-likeness (QED) is 0.426. The van der Waals surface area contributed by atoms with Crippen LogP contribution in [0.3, 0.4) is 0 Å². The molecule has 4 aliphatic heterocycles. The highest BCUT2D eigenvalue weighted by Gasteiger charge is 2.89. The van der Waals surface area contributed by atoms with Crippen molar-refractivity contribution in [2.24, 2.45) is 34.0 Å². The van der Waals surface area contributed by atoms with E-state index in [0.717, 1.165) is 5.56 Å². The lowest BCUT2D eigenvalue weighted by Gasteiger charge is -2.63. The normalized spacial score (nSPS) is 52.5. The molecule has 36 heavy (non-hydrogen) atoms. The molecule has 8 nitrogen and oxygen atoms in total. The largest absolute Gasteiger partial charge is 0.472 e.